The highest BCUT2D eigenvalue weighted by Gasteiger charge is 2.21. The molecule has 0 radical (unpaired) electrons. The minimum atomic E-state index is 0.371. The molecule has 2 atom stereocenters. The lowest BCUT2D eigenvalue weighted by atomic mass is 10.1. The van der Waals surface area contributed by atoms with E-state index in [0.29, 0.717) is 18.8 Å². The molecule has 4 heteroatoms. The normalized spacial score (nSPS) is 20.9. The summed E-state index contributed by atoms with van der Waals surface area (Å²) in [6.45, 7) is 4.60. The first-order valence-electron chi connectivity index (χ1n) is 6.49. The molecule has 1 fully saturated rings. The van der Waals surface area contributed by atoms with Gasteiger partial charge in [-0.25, -0.2) is 0 Å². The summed E-state index contributed by atoms with van der Waals surface area (Å²) in [4.78, 5) is 0. The van der Waals surface area contributed by atoms with Gasteiger partial charge in [0.2, 0.25) is 0 Å². The van der Waals surface area contributed by atoms with Gasteiger partial charge in [0.05, 0.1) is 6.10 Å². The molecule has 1 aromatic rings. The number of halogens is 1. The monoisotopic (exact) mass is 313 g/mol. The molecular formula is C14H20BrNO2. The fourth-order valence-electron chi connectivity index (χ4n) is 2.14. The van der Waals surface area contributed by atoms with E-state index >= 15 is 0 Å². The van der Waals surface area contributed by atoms with E-state index in [1.165, 1.54) is 12.8 Å². The van der Waals surface area contributed by atoms with Gasteiger partial charge in [0.15, 0.2) is 0 Å². The van der Waals surface area contributed by atoms with Crippen LogP contribution in [-0.2, 0) is 4.74 Å². The van der Waals surface area contributed by atoms with E-state index < -0.39 is 0 Å². The third-order valence-corrected chi connectivity index (χ3v) is 3.65. The van der Waals surface area contributed by atoms with Crippen molar-refractivity contribution in [2.45, 2.75) is 31.9 Å². The molecule has 1 aliphatic rings. The molecular weight excluding hydrogens is 294 g/mol. The lowest BCUT2D eigenvalue weighted by Crippen LogP contribution is -2.39. The molecule has 2 rings (SSSR count). The summed E-state index contributed by atoms with van der Waals surface area (Å²) in [6, 6.07) is 8.31. The summed E-state index contributed by atoms with van der Waals surface area (Å²) in [6.07, 6.45) is 2.72. The molecule has 1 N–H and O–H groups in total. The third-order valence-electron chi connectivity index (χ3n) is 3.16. The first-order valence-corrected chi connectivity index (χ1v) is 7.28. The molecule has 18 heavy (non-hydrogen) atoms. The van der Waals surface area contributed by atoms with Gasteiger partial charge in [0.25, 0.3) is 0 Å². The Morgan fingerprint density at radius 3 is 3.17 bits per heavy atom. The number of rotatable bonds is 6. The predicted molar refractivity (Wildman–Crippen MR) is 76.1 cm³/mol. The Kier molecular flexibility index (Phi) is 5.47. The zero-order chi connectivity index (χ0) is 12.8. The molecule has 2 unspecified atom stereocenters. The van der Waals surface area contributed by atoms with E-state index in [4.69, 9.17) is 9.47 Å². The number of nitrogens with one attached hydrogen (secondary N) is 1. The average Bonchev–Trinajstić information content (AvgIpc) is 2.88. The number of benzene rings is 1. The minimum absolute atomic E-state index is 0.371. The van der Waals surface area contributed by atoms with Crippen LogP contribution in [0.1, 0.15) is 19.8 Å². The maximum atomic E-state index is 5.67. The molecule has 0 amide bonds. The quantitative estimate of drug-likeness (QED) is 0.819. The van der Waals surface area contributed by atoms with Crippen LogP contribution in [-0.4, -0.2) is 31.9 Å². The van der Waals surface area contributed by atoms with Gasteiger partial charge in [-0.3, -0.25) is 0 Å². The second-order valence-electron chi connectivity index (χ2n) is 4.60. The lowest BCUT2D eigenvalue weighted by molar-refractivity contribution is 0.0824. The van der Waals surface area contributed by atoms with Gasteiger partial charge in [0, 0.05) is 23.7 Å². The summed E-state index contributed by atoms with van der Waals surface area (Å²) in [7, 11) is 0. The van der Waals surface area contributed by atoms with Crippen LogP contribution in [0, 0.1) is 0 Å². The topological polar surface area (TPSA) is 30.5 Å². The Morgan fingerprint density at radius 2 is 2.44 bits per heavy atom. The number of ether oxygens (including phenoxy) is 2. The molecule has 1 saturated heterocycles. The SMILES string of the molecule is CC(NCCOc1cccc(Br)c1)C1CCCO1. The van der Waals surface area contributed by atoms with Gasteiger partial charge >= 0.3 is 0 Å². The van der Waals surface area contributed by atoms with E-state index in [1.54, 1.807) is 0 Å². The van der Waals surface area contributed by atoms with Gasteiger partial charge in [-0.1, -0.05) is 22.0 Å². The van der Waals surface area contributed by atoms with Crippen LogP contribution in [0.2, 0.25) is 0 Å². The van der Waals surface area contributed by atoms with Crippen LogP contribution in [0.25, 0.3) is 0 Å². The fraction of sp³-hybridized carbons (Fsp3) is 0.571. The van der Waals surface area contributed by atoms with E-state index in [9.17, 15) is 0 Å². The Bertz CT molecular complexity index is 367. The van der Waals surface area contributed by atoms with Crippen LogP contribution in [0.4, 0.5) is 0 Å². The Morgan fingerprint density at radius 1 is 1.56 bits per heavy atom. The molecule has 0 aliphatic carbocycles. The third kappa shape index (κ3) is 4.26. The maximum Gasteiger partial charge on any atom is 0.120 e. The molecule has 3 nitrogen and oxygen atoms in total. The van der Waals surface area contributed by atoms with E-state index in [0.717, 1.165) is 23.4 Å². The molecule has 0 aromatic heterocycles. The minimum Gasteiger partial charge on any atom is -0.492 e. The van der Waals surface area contributed by atoms with Crippen molar-refractivity contribution in [3.63, 3.8) is 0 Å². The number of hydrogen-bond donors (Lipinski definition) is 1. The van der Waals surface area contributed by atoms with Crippen LogP contribution in [0.15, 0.2) is 28.7 Å². The Hall–Kier alpha value is -0.580. The standard InChI is InChI=1S/C14H20BrNO2/c1-11(14-6-3-8-18-14)16-7-9-17-13-5-2-4-12(15)10-13/h2,4-5,10-11,14,16H,3,6-9H2,1H3. The molecule has 1 aromatic carbocycles. The maximum absolute atomic E-state index is 5.67. The van der Waals surface area contributed by atoms with Crippen molar-refractivity contribution in [3.8, 4) is 5.75 Å². The van der Waals surface area contributed by atoms with Crippen LogP contribution < -0.4 is 10.1 Å². The molecule has 1 aliphatic heterocycles. The molecule has 100 valence electrons. The summed E-state index contributed by atoms with van der Waals surface area (Å²) in [5.74, 6) is 0.899. The highest BCUT2D eigenvalue weighted by Crippen LogP contribution is 2.17. The lowest BCUT2D eigenvalue weighted by Gasteiger charge is -2.20. The molecule has 0 spiro atoms. The Labute approximate surface area is 117 Å². The van der Waals surface area contributed by atoms with Gasteiger partial charge in [0.1, 0.15) is 12.4 Å². The van der Waals surface area contributed by atoms with E-state index in [-0.39, 0.29) is 0 Å². The summed E-state index contributed by atoms with van der Waals surface area (Å²) >= 11 is 3.43. The highest BCUT2D eigenvalue weighted by molar-refractivity contribution is 9.10. The smallest absolute Gasteiger partial charge is 0.120 e. The molecule has 1 heterocycles. The van der Waals surface area contributed by atoms with Gasteiger partial charge in [-0.2, -0.15) is 0 Å². The first kappa shape index (κ1) is 13.8. The second kappa shape index (κ2) is 7.12. The highest BCUT2D eigenvalue weighted by atomic mass is 79.9. The van der Waals surface area contributed by atoms with Crippen LogP contribution in [0.5, 0.6) is 5.75 Å². The summed E-state index contributed by atoms with van der Waals surface area (Å²) in [5.41, 5.74) is 0. The van der Waals surface area contributed by atoms with Crippen molar-refractivity contribution in [1.82, 2.24) is 5.32 Å². The number of hydrogen-bond acceptors (Lipinski definition) is 3. The van der Waals surface area contributed by atoms with Gasteiger partial charge in [-0.05, 0) is 38.0 Å². The van der Waals surface area contributed by atoms with E-state index in [1.807, 2.05) is 24.3 Å². The van der Waals surface area contributed by atoms with E-state index in [2.05, 4.69) is 28.2 Å². The zero-order valence-electron chi connectivity index (χ0n) is 10.7. The Balaban J connectivity index is 1.63. The summed E-state index contributed by atoms with van der Waals surface area (Å²) in [5, 5.41) is 3.45. The fourth-order valence-corrected chi connectivity index (χ4v) is 2.52. The van der Waals surface area contributed by atoms with Gasteiger partial charge in [-0.15, -0.1) is 0 Å². The van der Waals surface area contributed by atoms with Gasteiger partial charge < -0.3 is 14.8 Å². The van der Waals surface area contributed by atoms with Crippen molar-refractivity contribution < 1.29 is 9.47 Å². The van der Waals surface area contributed by atoms with Crippen LogP contribution >= 0.6 is 15.9 Å². The zero-order valence-corrected chi connectivity index (χ0v) is 12.3. The average molecular weight is 314 g/mol. The van der Waals surface area contributed by atoms with Crippen LogP contribution in [0.3, 0.4) is 0 Å². The largest absolute Gasteiger partial charge is 0.492 e. The van der Waals surface area contributed by atoms with Crippen molar-refractivity contribution >= 4 is 15.9 Å². The first-order chi connectivity index (χ1) is 8.75. The van der Waals surface area contributed by atoms with Crippen molar-refractivity contribution in [2.24, 2.45) is 0 Å². The van der Waals surface area contributed by atoms with Crippen molar-refractivity contribution in [2.75, 3.05) is 19.8 Å². The second-order valence-corrected chi connectivity index (χ2v) is 5.52. The molecule has 0 saturated carbocycles. The van der Waals surface area contributed by atoms with Crippen molar-refractivity contribution in [3.05, 3.63) is 28.7 Å². The summed E-state index contributed by atoms with van der Waals surface area (Å²) < 4.78 is 12.3. The molecule has 0 bridgehead atoms. The predicted octanol–water partition coefficient (Wildman–Crippen LogP) is 2.99. The van der Waals surface area contributed by atoms with Crippen molar-refractivity contribution in [1.29, 1.82) is 0 Å².